The molecule has 230 valence electrons. The van der Waals surface area contributed by atoms with Crippen LogP contribution in [0.1, 0.15) is 31.4 Å². The van der Waals surface area contributed by atoms with Crippen LogP contribution in [0.5, 0.6) is 0 Å². The number of nitrogens with one attached hydrogen (secondary N) is 1. The summed E-state index contributed by atoms with van der Waals surface area (Å²) in [5.74, 6) is -0.839. The zero-order valence-corrected chi connectivity index (χ0v) is 27.7. The smallest absolute Gasteiger partial charge is 0.264 e. The molecular weight excluding hydrogens is 662 g/mol. The van der Waals surface area contributed by atoms with Crippen LogP contribution in [-0.2, 0) is 32.6 Å². The van der Waals surface area contributed by atoms with E-state index >= 15 is 0 Å². The Bertz CT molecular complexity index is 1640. The molecule has 0 fully saturated rings. The van der Waals surface area contributed by atoms with E-state index in [9.17, 15) is 18.0 Å². The summed E-state index contributed by atoms with van der Waals surface area (Å²) in [6.07, 6.45) is 0.952. The standard InChI is InChI=1S/C34H35BrClN3O4S/c1-3-25(2)37-34(41)32(22-26-10-6-4-7-11-26)38(23-27-14-18-29(36)19-15-27)33(40)24-39(30-20-16-28(35)17-21-30)44(42,43)31-12-8-5-9-13-31/h4-21,25,32H,3,22-24H2,1-2H3,(H,37,41). The molecule has 4 rings (SSSR count). The van der Waals surface area contributed by atoms with Gasteiger partial charge >= 0.3 is 0 Å². The number of hydrogen-bond donors (Lipinski definition) is 1. The second-order valence-electron chi connectivity index (χ2n) is 10.5. The Morgan fingerprint density at radius 3 is 2.02 bits per heavy atom. The van der Waals surface area contributed by atoms with E-state index in [4.69, 9.17) is 11.6 Å². The van der Waals surface area contributed by atoms with Crippen molar-refractivity contribution >= 4 is 55.1 Å². The van der Waals surface area contributed by atoms with E-state index < -0.39 is 28.5 Å². The van der Waals surface area contributed by atoms with Crippen LogP contribution in [-0.4, -0.2) is 43.8 Å². The molecule has 4 aromatic carbocycles. The Kier molecular flexibility index (Phi) is 11.6. The molecule has 44 heavy (non-hydrogen) atoms. The van der Waals surface area contributed by atoms with Crippen molar-refractivity contribution in [2.24, 2.45) is 0 Å². The topological polar surface area (TPSA) is 86.8 Å². The van der Waals surface area contributed by atoms with Gasteiger partial charge in [0.15, 0.2) is 0 Å². The first-order chi connectivity index (χ1) is 21.1. The molecule has 2 atom stereocenters. The van der Waals surface area contributed by atoms with Gasteiger partial charge in [0.2, 0.25) is 11.8 Å². The Morgan fingerprint density at radius 1 is 0.841 bits per heavy atom. The van der Waals surface area contributed by atoms with Gasteiger partial charge in [0, 0.05) is 28.5 Å². The average Bonchev–Trinajstić information content (AvgIpc) is 3.03. The van der Waals surface area contributed by atoms with Crippen LogP contribution in [0.3, 0.4) is 0 Å². The molecule has 0 saturated carbocycles. The first-order valence-corrected chi connectivity index (χ1v) is 16.9. The van der Waals surface area contributed by atoms with Gasteiger partial charge in [0.25, 0.3) is 10.0 Å². The molecule has 7 nitrogen and oxygen atoms in total. The second kappa shape index (κ2) is 15.4. The number of hydrogen-bond acceptors (Lipinski definition) is 4. The molecule has 2 amide bonds. The minimum Gasteiger partial charge on any atom is -0.352 e. The fraction of sp³-hybridized carbons (Fsp3) is 0.235. The maximum absolute atomic E-state index is 14.4. The molecule has 1 N–H and O–H groups in total. The number of carbonyl (C=O) groups is 2. The van der Waals surface area contributed by atoms with E-state index in [1.54, 1.807) is 66.7 Å². The molecule has 0 aliphatic carbocycles. The molecule has 4 aromatic rings. The Morgan fingerprint density at radius 2 is 1.43 bits per heavy atom. The summed E-state index contributed by atoms with van der Waals surface area (Å²) in [6, 6.07) is 30.2. The number of carbonyl (C=O) groups excluding carboxylic acids is 2. The highest BCUT2D eigenvalue weighted by Gasteiger charge is 2.35. The summed E-state index contributed by atoms with van der Waals surface area (Å²) in [6.45, 7) is 3.43. The van der Waals surface area contributed by atoms with Crippen LogP contribution in [0.2, 0.25) is 5.02 Å². The van der Waals surface area contributed by atoms with Crippen LogP contribution in [0.4, 0.5) is 5.69 Å². The SMILES string of the molecule is CCC(C)NC(=O)C(Cc1ccccc1)N(Cc1ccc(Cl)cc1)C(=O)CN(c1ccc(Br)cc1)S(=O)(=O)c1ccccc1. The highest BCUT2D eigenvalue weighted by Crippen LogP contribution is 2.26. The van der Waals surface area contributed by atoms with E-state index in [1.807, 2.05) is 44.2 Å². The largest absolute Gasteiger partial charge is 0.352 e. The lowest BCUT2D eigenvalue weighted by molar-refractivity contribution is -0.140. The Labute approximate surface area is 273 Å². The van der Waals surface area contributed by atoms with Gasteiger partial charge in [-0.05, 0) is 73.0 Å². The minimum atomic E-state index is -4.15. The van der Waals surface area contributed by atoms with Gasteiger partial charge in [0.1, 0.15) is 12.6 Å². The fourth-order valence-electron chi connectivity index (χ4n) is 4.64. The summed E-state index contributed by atoms with van der Waals surface area (Å²) in [5, 5.41) is 3.58. The number of halogens is 2. The van der Waals surface area contributed by atoms with Crippen LogP contribution < -0.4 is 9.62 Å². The summed E-state index contributed by atoms with van der Waals surface area (Å²) < 4.78 is 29.9. The zero-order valence-electron chi connectivity index (χ0n) is 24.6. The number of amides is 2. The quantitative estimate of drug-likeness (QED) is 0.166. The van der Waals surface area contributed by atoms with Gasteiger partial charge < -0.3 is 10.2 Å². The highest BCUT2D eigenvalue weighted by atomic mass is 79.9. The fourth-order valence-corrected chi connectivity index (χ4v) is 6.46. The first kappa shape index (κ1) is 33.2. The predicted molar refractivity (Wildman–Crippen MR) is 179 cm³/mol. The van der Waals surface area contributed by atoms with E-state index in [1.165, 1.54) is 17.0 Å². The summed E-state index contributed by atoms with van der Waals surface area (Å²) in [4.78, 5) is 29.8. The molecule has 0 aliphatic rings. The normalized spacial score (nSPS) is 12.6. The Balaban J connectivity index is 1.79. The van der Waals surface area contributed by atoms with Crippen molar-refractivity contribution in [3.8, 4) is 0 Å². The van der Waals surface area contributed by atoms with Crippen LogP contribution in [0.25, 0.3) is 0 Å². The second-order valence-corrected chi connectivity index (χ2v) is 13.7. The number of sulfonamides is 1. The van der Waals surface area contributed by atoms with Crippen LogP contribution in [0, 0.1) is 0 Å². The third-order valence-corrected chi connectivity index (χ3v) is 9.83. The molecule has 0 aromatic heterocycles. The number of rotatable bonds is 13. The molecule has 0 spiro atoms. The highest BCUT2D eigenvalue weighted by molar-refractivity contribution is 9.10. The molecule has 0 saturated heterocycles. The van der Waals surface area contributed by atoms with Gasteiger partial charge in [-0.2, -0.15) is 0 Å². The van der Waals surface area contributed by atoms with E-state index in [0.29, 0.717) is 17.1 Å². The van der Waals surface area contributed by atoms with Crippen molar-refractivity contribution in [2.75, 3.05) is 10.8 Å². The van der Waals surface area contributed by atoms with Crippen molar-refractivity contribution < 1.29 is 18.0 Å². The average molecular weight is 697 g/mol. The number of benzene rings is 4. The van der Waals surface area contributed by atoms with E-state index in [0.717, 1.165) is 19.9 Å². The van der Waals surface area contributed by atoms with E-state index in [-0.39, 0.29) is 29.8 Å². The molecule has 2 unspecified atom stereocenters. The minimum absolute atomic E-state index is 0.0512. The van der Waals surface area contributed by atoms with Gasteiger partial charge in [-0.15, -0.1) is 0 Å². The van der Waals surface area contributed by atoms with Gasteiger partial charge in [-0.25, -0.2) is 8.42 Å². The maximum atomic E-state index is 14.4. The van der Waals surface area contributed by atoms with E-state index in [2.05, 4.69) is 21.2 Å². The summed E-state index contributed by atoms with van der Waals surface area (Å²) >= 11 is 9.54. The molecular formula is C34H35BrClN3O4S. The predicted octanol–water partition coefficient (Wildman–Crippen LogP) is 6.85. The lowest BCUT2D eigenvalue weighted by Crippen LogP contribution is -2.54. The van der Waals surface area contributed by atoms with Crippen LogP contribution >= 0.6 is 27.5 Å². The van der Waals surface area contributed by atoms with Crippen molar-refractivity contribution in [1.29, 1.82) is 0 Å². The van der Waals surface area contributed by atoms with Gasteiger partial charge in [-0.3, -0.25) is 13.9 Å². The van der Waals surface area contributed by atoms with Crippen LogP contribution in [0.15, 0.2) is 119 Å². The molecule has 0 aliphatic heterocycles. The summed E-state index contributed by atoms with van der Waals surface area (Å²) in [7, 11) is -4.15. The van der Waals surface area contributed by atoms with Gasteiger partial charge in [-0.1, -0.05) is 95.1 Å². The third kappa shape index (κ3) is 8.71. The first-order valence-electron chi connectivity index (χ1n) is 14.3. The molecule has 0 bridgehead atoms. The molecule has 10 heteroatoms. The van der Waals surface area contributed by atoms with Crippen molar-refractivity contribution in [3.05, 3.63) is 130 Å². The zero-order chi connectivity index (χ0) is 31.7. The Hall–Kier alpha value is -3.66. The monoisotopic (exact) mass is 695 g/mol. The van der Waals surface area contributed by atoms with Crippen molar-refractivity contribution in [1.82, 2.24) is 10.2 Å². The number of nitrogens with zero attached hydrogens (tertiary/aromatic N) is 2. The molecule has 0 heterocycles. The molecule has 0 radical (unpaired) electrons. The third-order valence-electron chi connectivity index (χ3n) is 7.26. The maximum Gasteiger partial charge on any atom is 0.264 e. The lowest BCUT2D eigenvalue weighted by Gasteiger charge is -2.34. The van der Waals surface area contributed by atoms with Gasteiger partial charge in [0.05, 0.1) is 10.6 Å². The number of anilines is 1. The van der Waals surface area contributed by atoms with Crippen molar-refractivity contribution in [3.63, 3.8) is 0 Å². The lowest BCUT2D eigenvalue weighted by atomic mass is 10.0. The van der Waals surface area contributed by atoms with Crippen molar-refractivity contribution in [2.45, 2.75) is 50.2 Å². The summed E-state index contributed by atoms with van der Waals surface area (Å²) in [5.41, 5.74) is 1.94.